The fourth-order valence-electron chi connectivity index (χ4n) is 2.57. The summed E-state index contributed by atoms with van der Waals surface area (Å²) in [5, 5.41) is 3.02. The second kappa shape index (κ2) is 7.41. The van der Waals surface area contributed by atoms with Gasteiger partial charge in [0.1, 0.15) is 0 Å². The summed E-state index contributed by atoms with van der Waals surface area (Å²) in [7, 11) is 0. The number of benzene rings is 1. The normalized spacial score (nSPS) is 18.7. The fraction of sp³-hybridized carbons (Fsp3) is 0.562. The molecule has 0 unspecified atom stereocenters. The maximum Gasteiger partial charge on any atom is 0.236 e. The SMILES string of the molecule is C[C@@H](N)C(=O)NC1CCN(CCc2ccccc2)CC1. The monoisotopic (exact) mass is 275 g/mol. The van der Waals surface area contributed by atoms with Gasteiger partial charge in [0.15, 0.2) is 0 Å². The summed E-state index contributed by atoms with van der Waals surface area (Å²) in [6.07, 6.45) is 3.14. The zero-order chi connectivity index (χ0) is 14.4. The largest absolute Gasteiger partial charge is 0.352 e. The predicted octanol–water partition coefficient (Wildman–Crippen LogP) is 1.16. The third kappa shape index (κ3) is 4.62. The summed E-state index contributed by atoms with van der Waals surface area (Å²) in [5.41, 5.74) is 6.96. The van der Waals surface area contributed by atoms with Crippen LogP contribution in [0.2, 0.25) is 0 Å². The van der Waals surface area contributed by atoms with Crippen LogP contribution in [0.1, 0.15) is 25.3 Å². The maximum absolute atomic E-state index is 11.6. The molecule has 1 aliphatic rings. The van der Waals surface area contributed by atoms with Crippen LogP contribution < -0.4 is 11.1 Å². The Morgan fingerprint density at radius 1 is 1.35 bits per heavy atom. The first kappa shape index (κ1) is 15.0. The summed E-state index contributed by atoms with van der Waals surface area (Å²) in [6.45, 7) is 4.93. The lowest BCUT2D eigenvalue weighted by molar-refractivity contribution is -0.123. The van der Waals surface area contributed by atoms with Gasteiger partial charge in [0, 0.05) is 25.7 Å². The number of carbonyl (C=O) groups excluding carboxylic acids is 1. The highest BCUT2D eigenvalue weighted by molar-refractivity contribution is 5.81. The van der Waals surface area contributed by atoms with Crippen LogP contribution in [0.15, 0.2) is 30.3 Å². The second-order valence-corrected chi connectivity index (χ2v) is 5.65. The predicted molar refractivity (Wildman–Crippen MR) is 81.4 cm³/mol. The van der Waals surface area contributed by atoms with E-state index in [0.717, 1.165) is 38.9 Å². The molecule has 0 saturated carbocycles. The Hall–Kier alpha value is -1.39. The van der Waals surface area contributed by atoms with Gasteiger partial charge in [-0.1, -0.05) is 30.3 Å². The average molecular weight is 275 g/mol. The van der Waals surface area contributed by atoms with E-state index in [-0.39, 0.29) is 5.91 Å². The Kier molecular flexibility index (Phi) is 5.56. The van der Waals surface area contributed by atoms with Crippen LogP contribution in [-0.2, 0) is 11.2 Å². The molecule has 1 aromatic carbocycles. The number of rotatable bonds is 5. The molecule has 1 atom stereocenters. The number of nitrogens with two attached hydrogens (primary N) is 1. The van der Waals surface area contributed by atoms with Crippen molar-refractivity contribution in [3.8, 4) is 0 Å². The number of likely N-dealkylation sites (tertiary alicyclic amines) is 1. The molecule has 2 rings (SSSR count). The first-order chi connectivity index (χ1) is 9.65. The van der Waals surface area contributed by atoms with Gasteiger partial charge in [-0.2, -0.15) is 0 Å². The lowest BCUT2D eigenvalue weighted by Crippen LogP contribution is -2.49. The van der Waals surface area contributed by atoms with Crippen molar-refractivity contribution in [3.63, 3.8) is 0 Å². The van der Waals surface area contributed by atoms with E-state index in [1.54, 1.807) is 6.92 Å². The molecule has 4 nitrogen and oxygen atoms in total. The van der Waals surface area contributed by atoms with Crippen LogP contribution in [0, 0.1) is 0 Å². The van der Waals surface area contributed by atoms with Crippen molar-refractivity contribution < 1.29 is 4.79 Å². The van der Waals surface area contributed by atoms with Crippen LogP contribution in [-0.4, -0.2) is 42.5 Å². The minimum Gasteiger partial charge on any atom is -0.352 e. The van der Waals surface area contributed by atoms with E-state index in [9.17, 15) is 4.79 Å². The van der Waals surface area contributed by atoms with Gasteiger partial charge in [-0.05, 0) is 31.7 Å². The quantitative estimate of drug-likeness (QED) is 0.848. The zero-order valence-corrected chi connectivity index (χ0v) is 12.2. The van der Waals surface area contributed by atoms with Crippen molar-refractivity contribution in [2.75, 3.05) is 19.6 Å². The molecule has 1 aliphatic heterocycles. The summed E-state index contributed by atoms with van der Waals surface area (Å²) in [6, 6.07) is 10.5. The van der Waals surface area contributed by atoms with Crippen molar-refractivity contribution in [2.45, 2.75) is 38.3 Å². The van der Waals surface area contributed by atoms with E-state index >= 15 is 0 Å². The molecule has 3 N–H and O–H groups in total. The fourth-order valence-corrected chi connectivity index (χ4v) is 2.57. The molecule has 1 fully saturated rings. The summed E-state index contributed by atoms with van der Waals surface area (Å²) >= 11 is 0. The van der Waals surface area contributed by atoms with Crippen LogP contribution >= 0.6 is 0 Å². The van der Waals surface area contributed by atoms with Gasteiger partial charge in [0.05, 0.1) is 6.04 Å². The minimum atomic E-state index is -0.411. The van der Waals surface area contributed by atoms with E-state index in [4.69, 9.17) is 5.73 Å². The molecule has 1 saturated heterocycles. The summed E-state index contributed by atoms with van der Waals surface area (Å²) in [5.74, 6) is -0.0345. The van der Waals surface area contributed by atoms with Crippen LogP contribution in [0.3, 0.4) is 0 Å². The number of carbonyl (C=O) groups is 1. The molecule has 0 aliphatic carbocycles. The molecule has 4 heteroatoms. The standard InChI is InChI=1S/C16H25N3O/c1-13(17)16(20)18-15-8-11-19(12-9-15)10-7-14-5-3-2-4-6-14/h2-6,13,15H,7-12,17H2,1H3,(H,18,20)/t13-/m1/s1. The molecular formula is C16H25N3O. The van der Waals surface area contributed by atoms with Gasteiger partial charge in [-0.3, -0.25) is 4.79 Å². The van der Waals surface area contributed by atoms with Crippen LogP contribution in [0.4, 0.5) is 0 Å². The lowest BCUT2D eigenvalue weighted by atomic mass is 10.0. The van der Waals surface area contributed by atoms with Crippen molar-refractivity contribution in [1.29, 1.82) is 0 Å². The highest BCUT2D eigenvalue weighted by atomic mass is 16.2. The molecule has 1 aromatic rings. The molecule has 1 heterocycles. The highest BCUT2D eigenvalue weighted by Gasteiger charge is 2.21. The van der Waals surface area contributed by atoms with E-state index in [1.165, 1.54) is 5.56 Å². The number of piperidine rings is 1. The molecule has 20 heavy (non-hydrogen) atoms. The molecule has 1 amide bonds. The molecule has 110 valence electrons. The zero-order valence-electron chi connectivity index (χ0n) is 12.2. The van der Waals surface area contributed by atoms with E-state index in [1.807, 2.05) is 0 Å². The van der Waals surface area contributed by atoms with E-state index in [2.05, 4.69) is 40.5 Å². The van der Waals surface area contributed by atoms with Gasteiger partial charge in [-0.25, -0.2) is 0 Å². The Labute approximate surface area is 121 Å². The minimum absolute atomic E-state index is 0.0345. The Balaban J connectivity index is 1.68. The average Bonchev–Trinajstić information content (AvgIpc) is 2.47. The second-order valence-electron chi connectivity index (χ2n) is 5.65. The number of nitrogens with zero attached hydrogens (tertiary/aromatic N) is 1. The van der Waals surface area contributed by atoms with Crippen molar-refractivity contribution in [1.82, 2.24) is 10.2 Å². The summed E-state index contributed by atoms with van der Waals surface area (Å²) < 4.78 is 0. The van der Waals surface area contributed by atoms with Crippen molar-refractivity contribution >= 4 is 5.91 Å². The summed E-state index contributed by atoms with van der Waals surface area (Å²) in [4.78, 5) is 14.0. The Morgan fingerprint density at radius 2 is 2.00 bits per heavy atom. The topological polar surface area (TPSA) is 58.4 Å². The number of amides is 1. The van der Waals surface area contributed by atoms with Gasteiger partial charge in [0.2, 0.25) is 5.91 Å². The van der Waals surface area contributed by atoms with Gasteiger partial charge >= 0.3 is 0 Å². The molecule has 0 aromatic heterocycles. The maximum atomic E-state index is 11.6. The first-order valence-electron chi connectivity index (χ1n) is 7.47. The number of hydrogen-bond acceptors (Lipinski definition) is 3. The van der Waals surface area contributed by atoms with Gasteiger partial charge in [-0.15, -0.1) is 0 Å². The molecule has 0 radical (unpaired) electrons. The Bertz CT molecular complexity index is 411. The third-order valence-electron chi connectivity index (χ3n) is 3.91. The number of nitrogens with one attached hydrogen (secondary N) is 1. The number of hydrogen-bond donors (Lipinski definition) is 2. The van der Waals surface area contributed by atoms with Crippen LogP contribution in [0.5, 0.6) is 0 Å². The third-order valence-corrected chi connectivity index (χ3v) is 3.91. The lowest BCUT2D eigenvalue weighted by Gasteiger charge is -2.32. The van der Waals surface area contributed by atoms with E-state index in [0.29, 0.717) is 6.04 Å². The molecular weight excluding hydrogens is 250 g/mol. The van der Waals surface area contributed by atoms with Crippen molar-refractivity contribution in [3.05, 3.63) is 35.9 Å². The highest BCUT2D eigenvalue weighted by Crippen LogP contribution is 2.11. The molecule has 0 spiro atoms. The van der Waals surface area contributed by atoms with Gasteiger partial charge < -0.3 is 16.0 Å². The first-order valence-corrected chi connectivity index (χ1v) is 7.47. The molecule has 0 bridgehead atoms. The van der Waals surface area contributed by atoms with Crippen LogP contribution in [0.25, 0.3) is 0 Å². The van der Waals surface area contributed by atoms with E-state index < -0.39 is 6.04 Å². The van der Waals surface area contributed by atoms with Crippen molar-refractivity contribution in [2.24, 2.45) is 5.73 Å². The van der Waals surface area contributed by atoms with Gasteiger partial charge in [0.25, 0.3) is 0 Å². The smallest absolute Gasteiger partial charge is 0.236 e. The Morgan fingerprint density at radius 3 is 2.60 bits per heavy atom.